The van der Waals surface area contributed by atoms with Crippen molar-refractivity contribution in [1.29, 1.82) is 0 Å². The van der Waals surface area contributed by atoms with E-state index in [0.717, 1.165) is 16.5 Å². The molecule has 8 heteroatoms. The second kappa shape index (κ2) is 8.26. The zero-order valence-corrected chi connectivity index (χ0v) is 17.8. The van der Waals surface area contributed by atoms with E-state index in [1.165, 1.54) is 26.4 Å². The number of rotatable bonds is 7. The third-order valence-corrected chi connectivity index (χ3v) is 5.94. The Morgan fingerprint density at radius 3 is 2.07 bits per heavy atom. The first-order valence-corrected chi connectivity index (χ1v) is 10.3. The minimum atomic E-state index is -3.95. The summed E-state index contributed by atoms with van der Waals surface area (Å²) in [6.07, 6.45) is 1.58. The molecule has 0 aliphatic heterocycles. The second-order valence-corrected chi connectivity index (χ2v) is 8.05. The lowest BCUT2D eigenvalue weighted by atomic mass is 10.0. The number of pyridine rings is 1. The number of benzene rings is 2. The Kier molecular flexibility index (Phi) is 5.95. The summed E-state index contributed by atoms with van der Waals surface area (Å²) < 4.78 is 47.1. The molecule has 3 rings (SSSR count). The fourth-order valence-electron chi connectivity index (χ4n) is 3.26. The van der Waals surface area contributed by atoms with Crippen molar-refractivity contribution >= 4 is 20.9 Å². The van der Waals surface area contributed by atoms with Crippen molar-refractivity contribution in [2.75, 3.05) is 21.3 Å². The van der Waals surface area contributed by atoms with Gasteiger partial charge in [-0.05, 0) is 32.0 Å². The molecule has 0 bridgehead atoms. The monoisotopic (exact) mass is 417 g/mol. The van der Waals surface area contributed by atoms with Crippen LogP contribution in [0.2, 0.25) is 0 Å². The van der Waals surface area contributed by atoms with E-state index in [-0.39, 0.29) is 11.5 Å². The van der Waals surface area contributed by atoms with Crippen molar-refractivity contribution < 1.29 is 26.8 Å². The summed E-state index contributed by atoms with van der Waals surface area (Å²) in [5.41, 5.74) is 2.12. The highest BCUT2D eigenvalue weighted by atomic mass is 32.2. The number of fused-ring (bicyclic) bond motifs is 1. The lowest BCUT2D eigenvalue weighted by Gasteiger charge is -2.19. The highest BCUT2D eigenvalue weighted by Gasteiger charge is 2.23. The van der Waals surface area contributed by atoms with Gasteiger partial charge in [0.15, 0.2) is 11.5 Å². The molecule has 0 unspecified atom stereocenters. The van der Waals surface area contributed by atoms with E-state index in [1.807, 2.05) is 13.8 Å². The highest BCUT2D eigenvalue weighted by Crippen LogP contribution is 2.46. The molecule has 0 radical (unpaired) electrons. The van der Waals surface area contributed by atoms with Gasteiger partial charge in [-0.1, -0.05) is 17.7 Å². The van der Waals surface area contributed by atoms with Gasteiger partial charge in [-0.3, -0.25) is 9.17 Å². The van der Waals surface area contributed by atoms with Gasteiger partial charge in [-0.2, -0.15) is 8.42 Å². The van der Waals surface area contributed by atoms with E-state index in [0.29, 0.717) is 28.3 Å². The van der Waals surface area contributed by atoms with Gasteiger partial charge in [0.1, 0.15) is 12.4 Å². The summed E-state index contributed by atoms with van der Waals surface area (Å²) in [5.74, 6) is 1.54. The molecule has 29 heavy (non-hydrogen) atoms. The van der Waals surface area contributed by atoms with Gasteiger partial charge in [-0.15, -0.1) is 0 Å². The first kappa shape index (κ1) is 20.9. The molecule has 154 valence electrons. The van der Waals surface area contributed by atoms with E-state index < -0.39 is 10.1 Å². The maximum atomic E-state index is 12.6. The lowest BCUT2D eigenvalue weighted by Crippen LogP contribution is -2.08. The number of aryl methyl sites for hydroxylation is 1. The van der Waals surface area contributed by atoms with Crippen LogP contribution >= 0.6 is 0 Å². The van der Waals surface area contributed by atoms with Crippen LogP contribution in [0.15, 0.2) is 41.4 Å². The van der Waals surface area contributed by atoms with Crippen LogP contribution in [0.1, 0.15) is 16.8 Å². The molecule has 1 aromatic heterocycles. The van der Waals surface area contributed by atoms with Crippen molar-refractivity contribution in [2.45, 2.75) is 25.3 Å². The van der Waals surface area contributed by atoms with Gasteiger partial charge < -0.3 is 14.2 Å². The molecule has 2 aromatic carbocycles. The lowest BCUT2D eigenvalue weighted by molar-refractivity contribution is 0.304. The van der Waals surface area contributed by atoms with Gasteiger partial charge >= 0.3 is 0 Å². The molecule has 1 heterocycles. The molecule has 7 nitrogen and oxygen atoms in total. The van der Waals surface area contributed by atoms with Crippen LogP contribution < -0.4 is 14.2 Å². The summed E-state index contributed by atoms with van der Waals surface area (Å²) in [7, 11) is 0.665. The Bertz CT molecular complexity index is 1140. The number of hydrogen-bond donors (Lipinski definition) is 0. The molecule has 0 saturated carbocycles. The van der Waals surface area contributed by atoms with Gasteiger partial charge in [0.05, 0.1) is 37.3 Å². The Hall–Kier alpha value is -2.84. The smallest absolute Gasteiger partial charge is 0.297 e. The van der Waals surface area contributed by atoms with Crippen LogP contribution in [0.3, 0.4) is 0 Å². The summed E-state index contributed by atoms with van der Waals surface area (Å²) in [5, 5.41) is 1.30. The fraction of sp³-hybridized carbons (Fsp3) is 0.286. The van der Waals surface area contributed by atoms with Crippen molar-refractivity contribution in [1.82, 2.24) is 4.98 Å². The number of nitrogens with zero attached hydrogens (tertiary/aromatic N) is 1. The molecule has 3 aromatic rings. The van der Waals surface area contributed by atoms with Crippen molar-refractivity contribution in [2.24, 2.45) is 0 Å². The van der Waals surface area contributed by atoms with Crippen LogP contribution in [0.5, 0.6) is 17.2 Å². The summed E-state index contributed by atoms with van der Waals surface area (Å²) in [6.45, 7) is 3.48. The molecule has 0 fully saturated rings. The number of hydrogen-bond acceptors (Lipinski definition) is 7. The number of aromatic nitrogens is 1. The minimum Gasteiger partial charge on any atom is -0.496 e. The topological polar surface area (TPSA) is 84.0 Å². The third kappa shape index (κ3) is 3.86. The Morgan fingerprint density at radius 2 is 1.48 bits per heavy atom. The molecule has 0 spiro atoms. The first-order chi connectivity index (χ1) is 13.8. The third-order valence-electron chi connectivity index (χ3n) is 4.66. The van der Waals surface area contributed by atoms with E-state index in [4.69, 9.17) is 18.4 Å². The van der Waals surface area contributed by atoms with Crippen LogP contribution in [-0.2, 0) is 20.9 Å². The van der Waals surface area contributed by atoms with Gasteiger partial charge in [0, 0.05) is 17.1 Å². The van der Waals surface area contributed by atoms with Gasteiger partial charge in [-0.25, -0.2) is 0 Å². The average Bonchev–Trinajstić information content (AvgIpc) is 2.71. The van der Waals surface area contributed by atoms with Gasteiger partial charge in [0.25, 0.3) is 10.1 Å². The van der Waals surface area contributed by atoms with Crippen LogP contribution in [-0.4, -0.2) is 34.7 Å². The maximum Gasteiger partial charge on any atom is 0.297 e. The molecule has 0 amide bonds. The fourth-order valence-corrected chi connectivity index (χ4v) is 4.13. The van der Waals surface area contributed by atoms with E-state index in [9.17, 15) is 8.42 Å². The summed E-state index contributed by atoms with van der Waals surface area (Å²) >= 11 is 0. The average molecular weight is 417 g/mol. The SMILES string of the molecule is COc1c(C)c(OC)c2ccnc(COS(=O)(=O)c3ccc(C)cc3)c2c1OC. The molecule has 0 N–H and O–H groups in total. The Labute approximate surface area is 170 Å². The largest absolute Gasteiger partial charge is 0.496 e. The Morgan fingerprint density at radius 1 is 0.862 bits per heavy atom. The predicted octanol–water partition coefficient (Wildman–Crippen LogP) is 3.78. The summed E-state index contributed by atoms with van der Waals surface area (Å²) in [4.78, 5) is 4.41. The standard InChI is InChI=1S/C21H23NO6S/c1-13-6-8-15(9-7-13)29(23,24)28-12-17-18-16(10-11-22-17)19(25-3)14(2)20(26-4)21(18)27-5/h6-11H,12H2,1-5H3. The van der Waals surface area contributed by atoms with Crippen molar-refractivity contribution in [3.05, 3.63) is 53.3 Å². The van der Waals surface area contributed by atoms with E-state index in [2.05, 4.69) is 4.98 Å². The van der Waals surface area contributed by atoms with E-state index >= 15 is 0 Å². The molecule has 0 atom stereocenters. The zero-order valence-electron chi connectivity index (χ0n) is 17.0. The molecular weight excluding hydrogens is 394 g/mol. The molecular formula is C21H23NO6S. The highest BCUT2D eigenvalue weighted by molar-refractivity contribution is 7.86. The minimum absolute atomic E-state index is 0.0845. The van der Waals surface area contributed by atoms with Crippen LogP contribution in [0.25, 0.3) is 10.8 Å². The predicted molar refractivity (Wildman–Crippen MR) is 109 cm³/mol. The molecule has 0 saturated heterocycles. The van der Waals surface area contributed by atoms with E-state index in [1.54, 1.807) is 31.5 Å². The van der Waals surface area contributed by atoms with Crippen LogP contribution in [0, 0.1) is 13.8 Å². The van der Waals surface area contributed by atoms with Crippen LogP contribution in [0.4, 0.5) is 0 Å². The number of methoxy groups -OCH3 is 3. The number of ether oxygens (including phenoxy) is 3. The molecule has 0 aliphatic carbocycles. The Balaban J connectivity index is 2.09. The van der Waals surface area contributed by atoms with Crippen molar-refractivity contribution in [3.63, 3.8) is 0 Å². The molecule has 0 aliphatic rings. The zero-order chi connectivity index (χ0) is 21.2. The van der Waals surface area contributed by atoms with Crippen molar-refractivity contribution in [3.8, 4) is 17.2 Å². The first-order valence-electron chi connectivity index (χ1n) is 8.86. The second-order valence-electron chi connectivity index (χ2n) is 6.43. The maximum absolute atomic E-state index is 12.6. The van der Waals surface area contributed by atoms with Gasteiger partial charge in [0.2, 0.25) is 0 Å². The normalized spacial score (nSPS) is 11.5. The summed E-state index contributed by atoms with van der Waals surface area (Å²) in [6, 6.07) is 8.23. The quantitative estimate of drug-likeness (QED) is 0.541.